The number of hydrogen-bond acceptors (Lipinski definition) is 1. The van der Waals surface area contributed by atoms with Crippen LogP contribution >= 0.6 is 0 Å². The third-order valence-electron chi connectivity index (χ3n) is 1.01. The minimum absolute atomic E-state index is 0.816. The van der Waals surface area contributed by atoms with Gasteiger partial charge in [-0.1, -0.05) is 6.08 Å². The molecular formula is C10H13N. The van der Waals surface area contributed by atoms with Crippen LogP contribution in [0.5, 0.6) is 0 Å². The minimum Gasteiger partial charge on any atom is -0.258 e. The summed E-state index contributed by atoms with van der Waals surface area (Å²) < 4.78 is 0. The Hall–Kier alpha value is -1.29. The fourth-order valence-corrected chi connectivity index (χ4v) is 0.449. The Kier molecular flexibility index (Phi) is 4.85. The summed E-state index contributed by atoms with van der Waals surface area (Å²) in [6, 6.07) is 0. The maximum atomic E-state index is 6.75. The average molecular weight is 147 g/mol. The van der Waals surface area contributed by atoms with E-state index in [1.165, 1.54) is 0 Å². The molecule has 0 heterocycles. The Morgan fingerprint density at radius 2 is 1.91 bits per heavy atom. The summed E-state index contributed by atoms with van der Waals surface area (Å²) in [6.45, 7) is 5.81. The monoisotopic (exact) mass is 147 g/mol. The van der Waals surface area contributed by atoms with Crippen LogP contribution in [0.4, 0.5) is 0 Å². The third-order valence-corrected chi connectivity index (χ3v) is 1.01. The highest BCUT2D eigenvalue weighted by molar-refractivity contribution is 5.57. The standard InChI is InChI=1S/C10H13N/c1-9(2)6-4-5-7-10(3)8-11/h4-5,7,11H,1-3H3/b7-5-. The van der Waals surface area contributed by atoms with Gasteiger partial charge in [-0.15, -0.1) is 5.73 Å². The molecule has 0 unspecified atom stereocenters. The highest BCUT2D eigenvalue weighted by Gasteiger charge is 1.72. The van der Waals surface area contributed by atoms with Crippen LogP contribution in [-0.2, 0) is 0 Å². The predicted octanol–water partition coefficient (Wildman–Crippen LogP) is 2.86. The fourth-order valence-electron chi connectivity index (χ4n) is 0.449. The van der Waals surface area contributed by atoms with Gasteiger partial charge in [0.05, 0.1) is 0 Å². The van der Waals surface area contributed by atoms with Gasteiger partial charge in [0.2, 0.25) is 0 Å². The SMILES string of the molecule is CC(C)=C=C/C=C\C(C)=C=N. The predicted molar refractivity (Wildman–Crippen MR) is 49.0 cm³/mol. The second-order valence-corrected chi connectivity index (χ2v) is 2.48. The van der Waals surface area contributed by atoms with Crippen LogP contribution in [-0.4, -0.2) is 5.87 Å². The number of rotatable bonds is 2. The van der Waals surface area contributed by atoms with Gasteiger partial charge >= 0.3 is 0 Å². The van der Waals surface area contributed by atoms with Gasteiger partial charge in [0.25, 0.3) is 0 Å². The molecule has 11 heavy (non-hydrogen) atoms. The number of nitrogens with one attached hydrogen (secondary N) is 1. The zero-order valence-corrected chi connectivity index (χ0v) is 7.23. The van der Waals surface area contributed by atoms with Gasteiger partial charge in [-0.3, -0.25) is 5.41 Å². The lowest BCUT2D eigenvalue weighted by atomic mass is 10.3. The summed E-state index contributed by atoms with van der Waals surface area (Å²) in [7, 11) is 0. The molecule has 0 aliphatic heterocycles. The van der Waals surface area contributed by atoms with Crippen molar-refractivity contribution in [1.82, 2.24) is 0 Å². The maximum Gasteiger partial charge on any atom is 0.00977 e. The zero-order valence-electron chi connectivity index (χ0n) is 7.23. The maximum absolute atomic E-state index is 6.75. The van der Waals surface area contributed by atoms with Gasteiger partial charge in [0.15, 0.2) is 0 Å². The van der Waals surface area contributed by atoms with Crippen molar-refractivity contribution in [3.05, 3.63) is 35.1 Å². The molecule has 0 aromatic heterocycles. The van der Waals surface area contributed by atoms with E-state index in [-0.39, 0.29) is 0 Å². The van der Waals surface area contributed by atoms with Gasteiger partial charge in [0.1, 0.15) is 0 Å². The highest BCUT2D eigenvalue weighted by Crippen LogP contribution is 1.89. The Morgan fingerprint density at radius 1 is 1.27 bits per heavy atom. The minimum atomic E-state index is 0.816. The van der Waals surface area contributed by atoms with E-state index in [1.54, 1.807) is 0 Å². The van der Waals surface area contributed by atoms with Crippen molar-refractivity contribution in [2.75, 3.05) is 0 Å². The quantitative estimate of drug-likeness (QED) is 0.353. The summed E-state index contributed by atoms with van der Waals surface area (Å²) in [5, 5.41) is 6.75. The molecule has 58 valence electrons. The second kappa shape index (κ2) is 5.49. The van der Waals surface area contributed by atoms with Crippen LogP contribution in [0.25, 0.3) is 0 Å². The van der Waals surface area contributed by atoms with Crippen molar-refractivity contribution < 1.29 is 0 Å². The average Bonchev–Trinajstić information content (AvgIpc) is 1.97. The van der Waals surface area contributed by atoms with Crippen molar-refractivity contribution in [3.8, 4) is 0 Å². The third kappa shape index (κ3) is 6.60. The molecule has 0 saturated heterocycles. The van der Waals surface area contributed by atoms with Gasteiger partial charge in [-0.2, -0.15) is 0 Å². The van der Waals surface area contributed by atoms with Crippen LogP contribution in [0.15, 0.2) is 35.1 Å². The molecule has 0 aromatic carbocycles. The Bertz CT molecular complexity index is 253. The molecule has 0 saturated carbocycles. The Morgan fingerprint density at radius 3 is 2.36 bits per heavy atom. The van der Waals surface area contributed by atoms with E-state index in [4.69, 9.17) is 5.41 Å². The van der Waals surface area contributed by atoms with Crippen LogP contribution in [0.2, 0.25) is 0 Å². The summed E-state index contributed by atoms with van der Waals surface area (Å²) in [4.78, 5) is 0. The summed E-state index contributed by atoms with van der Waals surface area (Å²) in [5.41, 5.74) is 4.99. The van der Waals surface area contributed by atoms with Gasteiger partial charge in [0, 0.05) is 5.57 Å². The number of allylic oxidation sites excluding steroid dienone is 4. The van der Waals surface area contributed by atoms with Crippen LogP contribution in [0, 0.1) is 5.41 Å². The normalized spacial score (nSPS) is 8.64. The van der Waals surface area contributed by atoms with Crippen molar-refractivity contribution in [3.63, 3.8) is 0 Å². The second-order valence-electron chi connectivity index (χ2n) is 2.48. The summed E-state index contributed by atoms with van der Waals surface area (Å²) in [5.74, 6) is 2.28. The van der Waals surface area contributed by atoms with E-state index in [1.807, 2.05) is 39.0 Å². The van der Waals surface area contributed by atoms with Crippen molar-refractivity contribution in [2.45, 2.75) is 20.8 Å². The molecule has 0 spiro atoms. The zero-order chi connectivity index (χ0) is 8.69. The lowest BCUT2D eigenvalue weighted by Gasteiger charge is -1.78. The first kappa shape index (κ1) is 9.71. The molecule has 0 rings (SSSR count). The summed E-state index contributed by atoms with van der Waals surface area (Å²) in [6.07, 6.45) is 5.50. The molecule has 0 atom stereocenters. The Labute approximate surface area is 68.0 Å². The van der Waals surface area contributed by atoms with E-state index in [0.29, 0.717) is 0 Å². The molecule has 0 aromatic rings. The van der Waals surface area contributed by atoms with Gasteiger partial charge < -0.3 is 0 Å². The first-order chi connectivity index (χ1) is 5.16. The van der Waals surface area contributed by atoms with Crippen molar-refractivity contribution in [1.29, 1.82) is 5.41 Å². The lowest BCUT2D eigenvalue weighted by molar-refractivity contribution is 1.41. The van der Waals surface area contributed by atoms with E-state index in [2.05, 4.69) is 11.6 Å². The molecule has 1 heteroatoms. The van der Waals surface area contributed by atoms with Gasteiger partial charge in [-0.25, -0.2) is 0 Å². The molecule has 0 fully saturated rings. The fraction of sp³-hybridized carbons (Fsp3) is 0.300. The molecular weight excluding hydrogens is 134 g/mol. The van der Waals surface area contributed by atoms with Crippen LogP contribution in [0.3, 0.4) is 0 Å². The van der Waals surface area contributed by atoms with Crippen molar-refractivity contribution >= 4 is 5.87 Å². The first-order valence-corrected chi connectivity index (χ1v) is 3.49. The van der Waals surface area contributed by atoms with Crippen LogP contribution in [0.1, 0.15) is 20.8 Å². The lowest BCUT2D eigenvalue weighted by Crippen LogP contribution is -1.64. The first-order valence-electron chi connectivity index (χ1n) is 3.49. The molecule has 0 aliphatic rings. The smallest absolute Gasteiger partial charge is 0.00977 e. The molecule has 1 nitrogen and oxygen atoms in total. The van der Waals surface area contributed by atoms with E-state index >= 15 is 0 Å². The molecule has 0 amide bonds. The molecule has 1 N–H and O–H groups in total. The summed E-state index contributed by atoms with van der Waals surface area (Å²) >= 11 is 0. The van der Waals surface area contributed by atoms with Crippen LogP contribution < -0.4 is 0 Å². The number of hydrogen-bond donors (Lipinski definition) is 1. The molecule has 0 bridgehead atoms. The van der Waals surface area contributed by atoms with Crippen molar-refractivity contribution in [2.24, 2.45) is 0 Å². The highest BCUT2D eigenvalue weighted by atomic mass is 14.3. The van der Waals surface area contributed by atoms with Gasteiger partial charge in [-0.05, 0) is 44.4 Å². The molecule has 0 radical (unpaired) electrons. The van der Waals surface area contributed by atoms with E-state index in [0.717, 1.165) is 11.1 Å². The van der Waals surface area contributed by atoms with E-state index < -0.39 is 0 Å². The topological polar surface area (TPSA) is 23.9 Å². The largest absolute Gasteiger partial charge is 0.258 e. The Balaban J connectivity index is 4.20. The van der Waals surface area contributed by atoms with E-state index in [9.17, 15) is 0 Å². The molecule has 0 aliphatic carbocycles.